The molecule has 1 spiro atoms. The Morgan fingerprint density at radius 3 is 2.30 bits per heavy atom. The largest absolute Gasteiger partial charge is 1.00 e. The van der Waals surface area contributed by atoms with Crippen molar-refractivity contribution in [2.75, 3.05) is 44.7 Å². The highest BCUT2D eigenvalue weighted by atomic mass is 35.5. The third-order valence-electron chi connectivity index (χ3n) is 5.35. The maximum atomic E-state index is 5.25. The summed E-state index contributed by atoms with van der Waals surface area (Å²) in [4.78, 5) is 2.50. The van der Waals surface area contributed by atoms with E-state index in [9.17, 15) is 0 Å². The van der Waals surface area contributed by atoms with Crippen LogP contribution in [0.4, 0.5) is 11.4 Å². The summed E-state index contributed by atoms with van der Waals surface area (Å²) in [5.74, 6) is 0.928. The summed E-state index contributed by atoms with van der Waals surface area (Å²) in [6.07, 6.45) is 1.23. The Labute approximate surface area is 144 Å². The van der Waals surface area contributed by atoms with E-state index in [0.29, 0.717) is 0 Å². The van der Waals surface area contributed by atoms with Crippen LogP contribution in [0.15, 0.2) is 48.5 Å². The molecule has 2 aromatic rings. The van der Waals surface area contributed by atoms with Crippen LogP contribution in [0.5, 0.6) is 5.75 Å². The van der Waals surface area contributed by atoms with Crippen LogP contribution in [0.3, 0.4) is 0 Å². The van der Waals surface area contributed by atoms with E-state index >= 15 is 0 Å². The van der Waals surface area contributed by atoms with Gasteiger partial charge in [-0.15, -0.1) is 0 Å². The molecule has 0 aliphatic carbocycles. The summed E-state index contributed by atoms with van der Waals surface area (Å²) in [6, 6.07) is 17.5. The summed E-state index contributed by atoms with van der Waals surface area (Å²) in [6.45, 7) is 5.95. The van der Waals surface area contributed by atoms with Crippen LogP contribution in [0.25, 0.3) is 0 Å². The second kappa shape index (κ2) is 6.42. The molecule has 122 valence electrons. The fourth-order valence-corrected chi connectivity index (χ4v) is 4.00. The van der Waals surface area contributed by atoms with Gasteiger partial charge in [-0.1, -0.05) is 18.2 Å². The first-order valence-electron chi connectivity index (χ1n) is 8.14. The minimum absolute atomic E-state index is 0. The zero-order valence-electron chi connectivity index (χ0n) is 13.5. The maximum absolute atomic E-state index is 5.25. The van der Waals surface area contributed by atoms with Crippen LogP contribution in [-0.4, -0.2) is 39.8 Å². The molecule has 0 unspecified atom stereocenters. The number of fused-ring (bicyclic) bond motifs is 2. The predicted molar refractivity (Wildman–Crippen MR) is 91.7 cm³/mol. The number of benzene rings is 2. The van der Waals surface area contributed by atoms with Gasteiger partial charge in [-0.2, -0.15) is 0 Å². The minimum atomic E-state index is 0. The highest BCUT2D eigenvalue weighted by Gasteiger charge is 2.40. The summed E-state index contributed by atoms with van der Waals surface area (Å²) in [5.41, 5.74) is 4.43. The van der Waals surface area contributed by atoms with E-state index in [1.807, 2.05) is 0 Å². The quantitative estimate of drug-likeness (QED) is 0.723. The molecular formula is C19H23ClN2O. The van der Waals surface area contributed by atoms with Crippen LogP contribution >= 0.6 is 0 Å². The van der Waals surface area contributed by atoms with Crippen molar-refractivity contribution in [2.24, 2.45) is 0 Å². The molecule has 1 fully saturated rings. The number of anilines is 1. The fourth-order valence-electron chi connectivity index (χ4n) is 4.00. The molecule has 2 aliphatic heterocycles. The van der Waals surface area contributed by atoms with Crippen LogP contribution < -0.4 is 26.5 Å². The number of piperazine rings is 1. The van der Waals surface area contributed by atoms with E-state index < -0.39 is 0 Å². The number of halogens is 1. The van der Waals surface area contributed by atoms with Crippen molar-refractivity contribution >= 4 is 11.4 Å². The molecule has 2 heterocycles. The number of quaternary nitrogens is 1. The van der Waals surface area contributed by atoms with Gasteiger partial charge in [0.2, 0.25) is 0 Å². The molecule has 0 bridgehead atoms. The van der Waals surface area contributed by atoms with Gasteiger partial charge in [-0.25, -0.2) is 0 Å². The molecular weight excluding hydrogens is 308 g/mol. The van der Waals surface area contributed by atoms with Gasteiger partial charge < -0.3 is 22.0 Å². The van der Waals surface area contributed by atoms with Gasteiger partial charge in [0.25, 0.3) is 0 Å². The van der Waals surface area contributed by atoms with Crippen molar-refractivity contribution in [1.29, 1.82) is 0 Å². The maximum Gasteiger partial charge on any atom is 0.136 e. The number of methoxy groups -OCH3 is 1. The smallest absolute Gasteiger partial charge is 0.136 e. The average Bonchev–Trinajstić information content (AvgIpc) is 2.95. The lowest BCUT2D eigenvalue weighted by Gasteiger charge is -2.43. The molecule has 2 aliphatic rings. The van der Waals surface area contributed by atoms with Crippen molar-refractivity contribution < 1.29 is 17.1 Å². The third kappa shape index (κ3) is 2.79. The third-order valence-corrected chi connectivity index (χ3v) is 5.35. The number of hydrogen-bond acceptors (Lipinski definition) is 2. The molecule has 0 aromatic heterocycles. The Morgan fingerprint density at radius 1 is 0.913 bits per heavy atom. The second-order valence-electron chi connectivity index (χ2n) is 6.38. The van der Waals surface area contributed by atoms with E-state index in [1.54, 1.807) is 18.4 Å². The number of para-hydroxylation sites is 1. The molecule has 1 saturated heterocycles. The molecule has 0 saturated carbocycles. The normalized spacial score (nSPS) is 18.4. The summed E-state index contributed by atoms with van der Waals surface area (Å²) in [5, 5.41) is 0. The van der Waals surface area contributed by atoms with Gasteiger partial charge >= 0.3 is 0 Å². The summed E-state index contributed by atoms with van der Waals surface area (Å²) >= 11 is 0. The van der Waals surface area contributed by atoms with Crippen molar-refractivity contribution in [2.45, 2.75) is 6.42 Å². The van der Waals surface area contributed by atoms with Crippen molar-refractivity contribution in [3.63, 3.8) is 0 Å². The van der Waals surface area contributed by atoms with Crippen LogP contribution in [0.1, 0.15) is 5.56 Å². The van der Waals surface area contributed by atoms with Gasteiger partial charge in [-0.05, 0) is 30.3 Å². The molecule has 4 heteroatoms. The van der Waals surface area contributed by atoms with E-state index in [0.717, 1.165) is 18.8 Å². The first kappa shape index (κ1) is 16.2. The Bertz CT molecular complexity index is 663. The zero-order valence-corrected chi connectivity index (χ0v) is 14.3. The molecule has 0 amide bonds. The monoisotopic (exact) mass is 330 g/mol. The number of rotatable bonds is 2. The second-order valence-corrected chi connectivity index (χ2v) is 6.38. The van der Waals surface area contributed by atoms with E-state index in [-0.39, 0.29) is 12.4 Å². The number of ether oxygens (including phenoxy) is 1. The standard InChI is InChI=1S/C19H23N2O.ClH/c1-22-18-8-6-17(7-9-18)20-11-14-21(15-12-20)13-10-16-4-2-3-5-19(16)21;/h2-9H,10-15H2,1H3;1H/q+1;/p-1. The molecule has 3 nitrogen and oxygen atoms in total. The van der Waals surface area contributed by atoms with Crippen LogP contribution in [0, 0.1) is 0 Å². The zero-order chi connectivity index (χ0) is 15.0. The molecule has 4 rings (SSSR count). The van der Waals surface area contributed by atoms with Gasteiger partial charge in [0.15, 0.2) is 0 Å². The first-order chi connectivity index (χ1) is 10.8. The first-order valence-corrected chi connectivity index (χ1v) is 8.14. The van der Waals surface area contributed by atoms with Gasteiger partial charge in [0, 0.05) is 17.7 Å². The lowest BCUT2D eigenvalue weighted by atomic mass is 10.1. The van der Waals surface area contributed by atoms with E-state index in [2.05, 4.69) is 53.4 Å². The van der Waals surface area contributed by atoms with Crippen molar-refractivity contribution in [3.8, 4) is 5.75 Å². The van der Waals surface area contributed by atoms with Gasteiger partial charge in [0.05, 0.1) is 26.7 Å². The Balaban J connectivity index is 0.00000156. The SMILES string of the molecule is COc1ccc(N2CC[N+]3(CCc4ccccc43)CC2)cc1.[Cl-]. The highest BCUT2D eigenvalue weighted by molar-refractivity contribution is 5.57. The van der Waals surface area contributed by atoms with Gasteiger partial charge in [-0.3, -0.25) is 4.48 Å². The number of hydrogen-bond donors (Lipinski definition) is 0. The lowest BCUT2D eigenvalue weighted by molar-refractivity contribution is -0.00000468. The van der Waals surface area contributed by atoms with E-state index in [1.165, 1.54) is 36.2 Å². The average molecular weight is 331 g/mol. The van der Waals surface area contributed by atoms with Crippen LogP contribution in [-0.2, 0) is 6.42 Å². The predicted octanol–water partition coefficient (Wildman–Crippen LogP) is 0.0828. The Kier molecular flexibility index (Phi) is 4.51. The Hall–Kier alpha value is -1.71. The highest BCUT2D eigenvalue weighted by Crippen LogP contribution is 2.36. The summed E-state index contributed by atoms with van der Waals surface area (Å²) in [7, 11) is 1.72. The minimum Gasteiger partial charge on any atom is -1.00 e. The lowest BCUT2D eigenvalue weighted by Crippen LogP contribution is -3.00. The molecule has 0 N–H and O–H groups in total. The van der Waals surface area contributed by atoms with Crippen molar-refractivity contribution in [1.82, 2.24) is 4.48 Å². The Morgan fingerprint density at radius 2 is 1.61 bits per heavy atom. The fraction of sp³-hybridized carbons (Fsp3) is 0.368. The van der Waals surface area contributed by atoms with Crippen molar-refractivity contribution in [3.05, 3.63) is 54.1 Å². The molecule has 0 radical (unpaired) electrons. The van der Waals surface area contributed by atoms with Gasteiger partial charge in [0.1, 0.15) is 24.5 Å². The molecule has 0 atom stereocenters. The molecule has 23 heavy (non-hydrogen) atoms. The number of nitrogens with zero attached hydrogens (tertiary/aromatic N) is 2. The summed E-state index contributed by atoms with van der Waals surface area (Å²) < 4.78 is 6.43. The molecule has 2 aromatic carbocycles. The van der Waals surface area contributed by atoms with E-state index in [4.69, 9.17) is 4.74 Å². The topological polar surface area (TPSA) is 12.5 Å². The van der Waals surface area contributed by atoms with Crippen LogP contribution in [0.2, 0.25) is 0 Å².